The molecular formula is C16H25ClN4O. The molecule has 1 amide bonds. The van der Waals surface area contributed by atoms with Crippen LogP contribution in [0, 0.1) is 0 Å². The van der Waals surface area contributed by atoms with E-state index in [0.29, 0.717) is 11.7 Å². The molecule has 122 valence electrons. The smallest absolute Gasteiger partial charge is 0.272 e. The van der Waals surface area contributed by atoms with Gasteiger partial charge in [-0.05, 0) is 24.5 Å². The molecule has 22 heavy (non-hydrogen) atoms. The van der Waals surface area contributed by atoms with Crippen LogP contribution in [-0.2, 0) is 6.42 Å². The van der Waals surface area contributed by atoms with Gasteiger partial charge in [0.25, 0.3) is 5.91 Å². The second-order valence-corrected chi connectivity index (χ2v) is 5.84. The molecule has 0 saturated carbocycles. The molecule has 1 N–H and O–H groups in total. The maximum absolute atomic E-state index is 12.7. The Morgan fingerprint density at radius 1 is 1.36 bits per heavy atom. The average Bonchev–Trinajstić information content (AvgIpc) is 3.05. The van der Waals surface area contributed by atoms with Gasteiger partial charge in [0.1, 0.15) is 5.69 Å². The third-order valence-electron chi connectivity index (χ3n) is 4.59. The minimum Gasteiger partial charge on any atom is -0.336 e. The summed E-state index contributed by atoms with van der Waals surface area (Å²) in [6, 6.07) is 4.43. The van der Waals surface area contributed by atoms with Crippen LogP contribution in [0.25, 0.3) is 0 Å². The van der Waals surface area contributed by atoms with Crippen LogP contribution in [0.4, 0.5) is 0 Å². The van der Waals surface area contributed by atoms with Crippen molar-refractivity contribution >= 4 is 18.3 Å². The lowest BCUT2D eigenvalue weighted by molar-refractivity contribution is 0.0766. The second-order valence-electron chi connectivity index (χ2n) is 5.84. The third kappa shape index (κ3) is 3.59. The highest BCUT2D eigenvalue weighted by atomic mass is 35.5. The number of aryl methyl sites for hydroxylation is 1. The van der Waals surface area contributed by atoms with Gasteiger partial charge in [0.15, 0.2) is 0 Å². The number of hydrogen-bond acceptors (Lipinski definition) is 4. The molecule has 5 nitrogen and oxygen atoms in total. The van der Waals surface area contributed by atoms with Crippen molar-refractivity contribution in [1.82, 2.24) is 20.1 Å². The van der Waals surface area contributed by atoms with Gasteiger partial charge in [0, 0.05) is 51.5 Å². The van der Waals surface area contributed by atoms with E-state index in [1.165, 1.54) is 0 Å². The highest BCUT2D eigenvalue weighted by Gasteiger charge is 2.32. The van der Waals surface area contributed by atoms with Gasteiger partial charge in [-0.2, -0.15) is 0 Å². The quantitative estimate of drug-likeness (QED) is 0.907. The van der Waals surface area contributed by atoms with E-state index in [4.69, 9.17) is 0 Å². The fourth-order valence-corrected chi connectivity index (χ4v) is 3.34. The minimum atomic E-state index is 0. The zero-order chi connectivity index (χ0) is 14.7. The average molecular weight is 325 g/mol. The number of hydrogen-bond donors (Lipinski definition) is 1. The van der Waals surface area contributed by atoms with Crippen molar-refractivity contribution < 1.29 is 4.79 Å². The summed E-state index contributed by atoms with van der Waals surface area (Å²) in [7, 11) is 0. The van der Waals surface area contributed by atoms with Gasteiger partial charge < -0.3 is 10.2 Å². The summed E-state index contributed by atoms with van der Waals surface area (Å²) in [5, 5.41) is 3.38. The van der Waals surface area contributed by atoms with Crippen LogP contribution in [-0.4, -0.2) is 66.0 Å². The molecule has 0 bridgehead atoms. The fraction of sp³-hybridized carbons (Fsp3) is 0.625. The van der Waals surface area contributed by atoms with Crippen molar-refractivity contribution in [3.05, 3.63) is 29.6 Å². The first-order valence-corrected chi connectivity index (χ1v) is 7.97. The Morgan fingerprint density at radius 3 is 2.86 bits per heavy atom. The van der Waals surface area contributed by atoms with Gasteiger partial charge in [0.2, 0.25) is 0 Å². The van der Waals surface area contributed by atoms with Crippen LogP contribution >= 0.6 is 12.4 Å². The molecule has 2 aliphatic rings. The van der Waals surface area contributed by atoms with E-state index in [2.05, 4.69) is 22.1 Å². The summed E-state index contributed by atoms with van der Waals surface area (Å²) in [5.41, 5.74) is 1.69. The lowest BCUT2D eigenvalue weighted by atomic mass is 10.1. The highest BCUT2D eigenvalue weighted by molar-refractivity contribution is 5.94. The molecule has 1 unspecified atom stereocenters. The maximum Gasteiger partial charge on any atom is 0.272 e. The van der Waals surface area contributed by atoms with Crippen LogP contribution in [0.2, 0.25) is 0 Å². The second kappa shape index (κ2) is 7.90. The SMILES string of the molecule is CCc1cccnc1C(=O)N1CCC(N2CCNCC2)C1.Cl. The molecule has 2 saturated heterocycles. The molecule has 0 spiro atoms. The lowest BCUT2D eigenvalue weighted by Crippen LogP contribution is -2.49. The van der Waals surface area contributed by atoms with Gasteiger partial charge >= 0.3 is 0 Å². The van der Waals surface area contributed by atoms with E-state index in [1.54, 1.807) is 6.20 Å². The summed E-state index contributed by atoms with van der Waals surface area (Å²) in [6.45, 7) is 8.08. The van der Waals surface area contributed by atoms with Crippen molar-refractivity contribution in [2.24, 2.45) is 0 Å². The monoisotopic (exact) mass is 324 g/mol. The van der Waals surface area contributed by atoms with E-state index >= 15 is 0 Å². The van der Waals surface area contributed by atoms with Gasteiger partial charge in [0.05, 0.1) is 0 Å². The topological polar surface area (TPSA) is 48.5 Å². The Labute approximate surface area is 138 Å². The van der Waals surface area contributed by atoms with Crippen molar-refractivity contribution in [1.29, 1.82) is 0 Å². The Balaban J connectivity index is 0.00000176. The van der Waals surface area contributed by atoms with Gasteiger partial charge in [-0.3, -0.25) is 14.7 Å². The van der Waals surface area contributed by atoms with Crippen LogP contribution in [0.15, 0.2) is 18.3 Å². The summed E-state index contributed by atoms with van der Waals surface area (Å²) in [5.74, 6) is 0.102. The highest BCUT2D eigenvalue weighted by Crippen LogP contribution is 2.19. The van der Waals surface area contributed by atoms with E-state index in [0.717, 1.165) is 57.7 Å². The zero-order valence-electron chi connectivity index (χ0n) is 13.1. The number of pyridine rings is 1. The number of carbonyl (C=O) groups is 1. The summed E-state index contributed by atoms with van der Waals surface area (Å²) in [6.07, 6.45) is 3.65. The number of piperazine rings is 1. The molecule has 2 fully saturated rings. The molecule has 0 aromatic carbocycles. The first-order chi connectivity index (χ1) is 10.3. The van der Waals surface area contributed by atoms with Crippen LogP contribution in [0.5, 0.6) is 0 Å². The number of halogens is 1. The number of carbonyl (C=O) groups excluding carboxylic acids is 1. The molecule has 3 heterocycles. The number of nitrogens with zero attached hydrogens (tertiary/aromatic N) is 3. The predicted octanol–water partition coefficient (Wildman–Crippen LogP) is 1.19. The van der Waals surface area contributed by atoms with E-state index < -0.39 is 0 Å². The Hall–Kier alpha value is -1.17. The number of amides is 1. The van der Waals surface area contributed by atoms with Crippen molar-refractivity contribution in [2.45, 2.75) is 25.8 Å². The van der Waals surface area contributed by atoms with Gasteiger partial charge in [-0.1, -0.05) is 13.0 Å². The van der Waals surface area contributed by atoms with E-state index in [9.17, 15) is 4.79 Å². The van der Waals surface area contributed by atoms with Gasteiger partial charge in [-0.25, -0.2) is 0 Å². The van der Waals surface area contributed by atoms with Crippen molar-refractivity contribution in [3.63, 3.8) is 0 Å². The maximum atomic E-state index is 12.7. The molecule has 0 aliphatic carbocycles. The zero-order valence-corrected chi connectivity index (χ0v) is 13.9. The molecule has 6 heteroatoms. The van der Waals surface area contributed by atoms with Crippen LogP contribution in [0.1, 0.15) is 29.4 Å². The van der Waals surface area contributed by atoms with Gasteiger partial charge in [-0.15, -0.1) is 12.4 Å². The van der Waals surface area contributed by atoms with E-state index in [1.807, 2.05) is 17.0 Å². The van der Waals surface area contributed by atoms with Crippen LogP contribution in [0.3, 0.4) is 0 Å². The minimum absolute atomic E-state index is 0. The number of aromatic nitrogens is 1. The Kier molecular flexibility index (Phi) is 6.17. The van der Waals surface area contributed by atoms with Crippen molar-refractivity contribution in [2.75, 3.05) is 39.3 Å². The van der Waals surface area contributed by atoms with Crippen molar-refractivity contribution in [3.8, 4) is 0 Å². The van der Waals surface area contributed by atoms with E-state index in [-0.39, 0.29) is 18.3 Å². The summed E-state index contributed by atoms with van der Waals surface area (Å²) < 4.78 is 0. The fourth-order valence-electron chi connectivity index (χ4n) is 3.34. The Bertz CT molecular complexity index is 505. The summed E-state index contributed by atoms with van der Waals surface area (Å²) >= 11 is 0. The van der Waals surface area contributed by atoms with Crippen LogP contribution < -0.4 is 5.32 Å². The number of likely N-dealkylation sites (tertiary alicyclic amines) is 1. The molecule has 2 aliphatic heterocycles. The summed E-state index contributed by atoms with van der Waals surface area (Å²) in [4.78, 5) is 21.5. The standard InChI is InChI=1S/C16H24N4O.ClH/c1-2-13-4-3-6-18-15(13)16(21)20-9-5-14(12-20)19-10-7-17-8-11-19;/h3-4,6,14,17H,2,5,7-12H2,1H3;1H. The molecule has 1 aromatic heterocycles. The third-order valence-corrected chi connectivity index (χ3v) is 4.59. The number of rotatable bonds is 3. The lowest BCUT2D eigenvalue weighted by Gasteiger charge is -2.32. The molecule has 1 aromatic rings. The predicted molar refractivity (Wildman–Crippen MR) is 89.6 cm³/mol. The molecular weight excluding hydrogens is 300 g/mol. The molecule has 0 radical (unpaired) electrons. The first kappa shape index (κ1) is 17.2. The molecule has 3 rings (SSSR count). The normalized spacial score (nSPS) is 22.4. The largest absolute Gasteiger partial charge is 0.336 e. The number of nitrogens with one attached hydrogen (secondary N) is 1. The Morgan fingerprint density at radius 2 is 2.14 bits per heavy atom. The molecule has 1 atom stereocenters. The first-order valence-electron chi connectivity index (χ1n) is 7.97.